The van der Waals surface area contributed by atoms with Crippen LogP contribution in [-0.4, -0.2) is 39.2 Å². The third-order valence-corrected chi connectivity index (χ3v) is 2.50. The molecule has 0 aliphatic heterocycles. The minimum Gasteiger partial charge on any atom is -0.396 e. The van der Waals surface area contributed by atoms with Crippen LogP contribution in [0.15, 0.2) is 6.20 Å². The average Bonchev–Trinajstić information content (AvgIpc) is 3.13. The lowest BCUT2D eigenvalue weighted by Gasteiger charge is -2.07. The topological polar surface area (TPSA) is 113 Å². The van der Waals surface area contributed by atoms with Crippen molar-refractivity contribution in [2.45, 2.75) is 25.3 Å². The van der Waals surface area contributed by atoms with Crippen molar-refractivity contribution in [3.8, 4) is 0 Å². The average molecular weight is 253 g/mol. The number of aliphatic hydroxyl groups excluding tert-OH is 1. The minimum atomic E-state index is -0.498. The highest BCUT2D eigenvalue weighted by Gasteiger charge is 2.26. The number of rotatable bonds is 7. The smallest absolute Gasteiger partial charge is 0.329 e. The third kappa shape index (κ3) is 3.27. The molecule has 0 amide bonds. The van der Waals surface area contributed by atoms with Gasteiger partial charge in [-0.3, -0.25) is 10.1 Å². The Labute approximate surface area is 104 Å². The number of nitro groups is 1. The van der Waals surface area contributed by atoms with Crippen molar-refractivity contribution in [1.82, 2.24) is 9.97 Å². The first kappa shape index (κ1) is 12.5. The van der Waals surface area contributed by atoms with Gasteiger partial charge in [0.05, 0.1) is 4.92 Å². The number of aromatic nitrogens is 2. The Hall–Kier alpha value is -1.96. The molecule has 1 aliphatic rings. The number of aliphatic hydroxyl groups is 1. The van der Waals surface area contributed by atoms with Crippen molar-refractivity contribution in [1.29, 1.82) is 0 Å². The standard InChI is InChI=1S/C10H15N5O3/c16-5-1-4-11-10-12-6-8(15(17)18)9(14-10)13-7-2-3-7/h6-7,16H,1-5H2,(H2,11,12,13,14). The molecule has 0 atom stereocenters. The predicted octanol–water partition coefficient (Wildman–Crippen LogP) is 0.753. The van der Waals surface area contributed by atoms with Crippen LogP contribution in [0.25, 0.3) is 0 Å². The quantitative estimate of drug-likeness (QED) is 0.373. The summed E-state index contributed by atoms with van der Waals surface area (Å²) < 4.78 is 0. The predicted molar refractivity (Wildman–Crippen MR) is 65.5 cm³/mol. The first-order chi connectivity index (χ1) is 8.70. The van der Waals surface area contributed by atoms with Crippen molar-refractivity contribution >= 4 is 17.5 Å². The lowest BCUT2D eigenvalue weighted by molar-refractivity contribution is -0.384. The summed E-state index contributed by atoms with van der Waals surface area (Å²) in [6, 6.07) is 0.281. The van der Waals surface area contributed by atoms with E-state index < -0.39 is 4.92 Å². The zero-order valence-corrected chi connectivity index (χ0v) is 9.80. The zero-order valence-electron chi connectivity index (χ0n) is 9.80. The molecule has 8 heteroatoms. The molecule has 2 rings (SSSR count). The lowest BCUT2D eigenvalue weighted by Crippen LogP contribution is -2.11. The van der Waals surface area contributed by atoms with E-state index in [0.29, 0.717) is 18.9 Å². The van der Waals surface area contributed by atoms with E-state index in [9.17, 15) is 10.1 Å². The molecule has 3 N–H and O–H groups in total. The van der Waals surface area contributed by atoms with Gasteiger partial charge in [0.25, 0.3) is 0 Å². The summed E-state index contributed by atoms with van der Waals surface area (Å²) in [5, 5.41) is 25.4. The van der Waals surface area contributed by atoms with Crippen LogP contribution in [0.4, 0.5) is 17.5 Å². The normalized spacial score (nSPS) is 14.3. The summed E-state index contributed by atoms with van der Waals surface area (Å²) >= 11 is 0. The highest BCUT2D eigenvalue weighted by molar-refractivity contribution is 5.57. The van der Waals surface area contributed by atoms with Crippen LogP contribution in [0, 0.1) is 10.1 Å². The minimum absolute atomic E-state index is 0.0766. The molecule has 8 nitrogen and oxygen atoms in total. The van der Waals surface area contributed by atoms with E-state index in [-0.39, 0.29) is 24.2 Å². The number of hydrogen-bond acceptors (Lipinski definition) is 7. The molecule has 1 saturated carbocycles. The first-order valence-electron chi connectivity index (χ1n) is 5.83. The van der Waals surface area contributed by atoms with E-state index in [1.54, 1.807) is 0 Å². The molecule has 98 valence electrons. The van der Waals surface area contributed by atoms with Crippen molar-refractivity contribution in [3.63, 3.8) is 0 Å². The fraction of sp³-hybridized carbons (Fsp3) is 0.600. The van der Waals surface area contributed by atoms with Crippen molar-refractivity contribution in [3.05, 3.63) is 16.3 Å². The molecule has 1 fully saturated rings. The number of anilines is 2. The van der Waals surface area contributed by atoms with E-state index in [1.807, 2.05) is 0 Å². The van der Waals surface area contributed by atoms with Gasteiger partial charge in [0.2, 0.25) is 11.8 Å². The number of hydrogen-bond donors (Lipinski definition) is 3. The molecule has 1 heterocycles. The molecule has 0 radical (unpaired) electrons. The first-order valence-corrected chi connectivity index (χ1v) is 5.83. The highest BCUT2D eigenvalue weighted by atomic mass is 16.6. The van der Waals surface area contributed by atoms with Crippen LogP contribution < -0.4 is 10.6 Å². The maximum atomic E-state index is 10.8. The van der Waals surface area contributed by atoms with E-state index in [1.165, 1.54) is 6.20 Å². The fourth-order valence-corrected chi connectivity index (χ4v) is 1.40. The Morgan fingerprint density at radius 2 is 2.33 bits per heavy atom. The van der Waals surface area contributed by atoms with Gasteiger partial charge in [0, 0.05) is 19.2 Å². The highest BCUT2D eigenvalue weighted by Crippen LogP contribution is 2.29. The molecule has 18 heavy (non-hydrogen) atoms. The van der Waals surface area contributed by atoms with Gasteiger partial charge in [-0.25, -0.2) is 4.98 Å². The fourth-order valence-electron chi connectivity index (χ4n) is 1.40. The molecule has 0 bridgehead atoms. The van der Waals surface area contributed by atoms with E-state index in [4.69, 9.17) is 5.11 Å². The Morgan fingerprint density at radius 1 is 1.56 bits per heavy atom. The van der Waals surface area contributed by atoms with E-state index in [0.717, 1.165) is 12.8 Å². The van der Waals surface area contributed by atoms with Crippen molar-refractivity contribution in [2.75, 3.05) is 23.8 Å². The van der Waals surface area contributed by atoms with Crippen LogP contribution in [0.1, 0.15) is 19.3 Å². The summed E-state index contributed by atoms with van der Waals surface area (Å²) in [6.45, 7) is 0.602. The second-order valence-corrected chi connectivity index (χ2v) is 4.11. The van der Waals surface area contributed by atoms with Gasteiger partial charge in [0.15, 0.2) is 0 Å². The summed E-state index contributed by atoms with van der Waals surface area (Å²) in [6.07, 6.45) is 3.79. The third-order valence-electron chi connectivity index (χ3n) is 2.50. The summed E-state index contributed by atoms with van der Waals surface area (Å²) in [4.78, 5) is 18.3. The summed E-state index contributed by atoms with van der Waals surface area (Å²) in [7, 11) is 0. The molecule has 0 saturated heterocycles. The van der Waals surface area contributed by atoms with Crippen LogP contribution in [0.5, 0.6) is 0 Å². The SMILES string of the molecule is O=[N+]([O-])c1cnc(NCCCO)nc1NC1CC1. The van der Waals surface area contributed by atoms with Crippen LogP contribution >= 0.6 is 0 Å². The largest absolute Gasteiger partial charge is 0.396 e. The number of nitrogens with one attached hydrogen (secondary N) is 2. The maximum Gasteiger partial charge on any atom is 0.329 e. The van der Waals surface area contributed by atoms with Crippen LogP contribution in [0.3, 0.4) is 0 Å². The van der Waals surface area contributed by atoms with Gasteiger partial charge in [-0.1, -0.05) is 0 Å². The molecule has 0 spiro atoms. The maximum absolute atomic E-state index is 10.8. The van der Waals surface area contributed by atoms with Gasteiger partial charge in [0.1, 0.15) is 6.20 Å². The van der Waals surface area contributed by atoms with Gasteiger partial charge < -0.3 is 15.7 Å². The van der Waals surface area contributed by atoms with Crippen LogP contribution in [-0.2, 0) is 0 Å². The second kappa shape index (κ2) is 5.58. The van der Waals surface area contributed by atoms with Crippen molar-refractivity contribution < 1.29 is 10.0 Å². The molecule has 1 aromatic heterocycles. The van der Waals surface area contributed by atoms with Gasteiger partial charge in [-0.2, -0.15) is 4.98 Å². The zero-order chi connectivity index (χ0) is 13.0. The summed E-state index contributed by atoms with van der Waals surface area (Å²) in [5.41, 5.74) is -0.116. The molecule has 0 unspecified atom stereocenters. The summed E-state index contributed by atoms with van der Waals surface area (Å²) in [5.74, 6) is 0.584. The monoisotopic (exact) mass is 253 g/mol. The van der Waals surface area contributed by atoms with Gasteiger partial charge >= 0.3 is 5.69 Å². The Balaban J connectivity index is 2.10. The Bertz CT molecular complexity index is 436. The molecule has 1 aromatic rings. The van der Waals surface area contributed by atoms with E-state index >= 15 is 0 Å². The Morgan fingerprint density at radius 3 is 2.94 bits per heavy atom. The second-order valence-electron chi connectivity index (χ2n) is 4.11. The molecular formula is C10H15N5O3. The van der Waals surface area contributed by atoms with E-state index in [2.05, 4.69) is 20.6 Å². The van der Waals surface area contributed by atoms with Gasteiger partial charge in [-0.15, -0.1) is 0 Å². The Kier molecular flexibility index (Phi) is 3.88. The van der Waals surface area contributed by atoms with Crippen LogP contribution in [0.2, 0.25) is 0 Å². The van der Waals surface area contributed by atoms with Gasteiger partial charge in [-0.05, 0) is 19.3 Å². The molecular weight excluding hydrogens is 238 g/mol. The van der Waals surface area contributed by atoms with Crippen molar-refractivity contribution in [2.24, 2.45) is 0 Å². The molecule has 1 aliphatic carbocycles. The number of nitrogens with zero attached hydrogens (tertiary/aromatic N) is 3. The lowest BCUT2D eigenvalue weighted by atomic mass is 10.4. The molecule has 0 aromatic carbocycles.